The van der Waals surface area contributed by atoms with E-state index in [1.54, 1.807) is 6.92 Å². The SMILES string of the molecule is CCCCNS(=O)(=O)c1cc(C(=O)O)ccc1C. The van der Waals surface area contributed by atoms with E-state index in [0.717, 1.165) is 12.8 Å². The number of nitrogens with one attached hydrogen (secondary N) is 1. The van der Waals surface area contributed by atoms with E-state index >= 15 is 0 Å². The lowest BCUT2D eigenvalue weighted by atomic mass is 10.1. The molecule has 0 saturated carbocycles. The maximum atomic E-state index is 12.0. The Kier molecular flexibility index (Phi) is 4.86. The Hall–Kier alpha value is -1.40. The third-order valence-electron chi connectivity index (χ3n) is 2.55. The summed E-state index contributed by atoms with van der Waals surface area (Å²) in [6.45, 7) is 3.96. The molecule has 0 aliphatic heterocycles. The minimum atomic E-state index is -3.63. The molecule has 0 fully saturated rings. The number of carbonyl (C=O) groups is 1. The molecular weight excluding hydrogens is 254 g/mol. The lowest BCUT2D eigenvalue weighted by Gasteiger charge is -2.09. The van der Waals surface area contributed by atoms with Gasteiger partial charge in [-0.25, -0.2) is 17.9 Å². The van der Waals surface area contributed by atoms with Crippen LogP contribution in [0, 0.1) is 6.92 Å². The van der Waals surface area contributed by atoms with E-state index in [9.17, 15) is 13.2 Å². The minimum Gasteiger partial charge on any atom is -0.478 e. The number of carboxylic acid groups (broad SMARTS) is 1. The highest BCUT2D eigenvalue weighted by atomic mass is 32.2. The molecule has 6 heteroatoms. The van der Waals surface area contributed by atoms with Crippen molar-refractivity contribution in [3.8, 4) is 0 Å². The van der Waals surface area contributed by atoms with Gasteiger partial charge in [0.1, 0.15) is 0 Å². The molecule has 0 unspecified atom stereocenters. The molecule has 0 aromatic heterocycles. The molecule has 100 valence electrons. The number of hydrogen-bond acceptors (Lipinski definition) is 3. The van der Waals surface area contributed by atoms with Crippen LogP contribution in [0.5, 0.6) is 0 Å². The van der Waals surface area contributed by atoms with Crippen LogP contribution in [0.25, 0.3) is 0 Å². The van der Waals surface area contributed by atoms with Crippen molar-refractivity contribution in [3.05, 3.63) is 29.3 Å². The number of carboxylic acids is 1. The van der Waals surface area contributed by atoms with Crippen molar-refractivity contribution < 1.29 is 18.3 Å². The molecule has 2 N–H and O–H groups in total. The molecule has 1 rings (SSSR count). The largest absolute Gasteiger partial charge is 0.478 e. The topological polar surface area (TPSA) is 83.5 Å². The van der Waals surface area contributed by atoms with Gasteiger partial charge in [-0.1, -0.05) is 19.4 Å². The Morgan fingerprint density at radius 1 is 1.39 bits per heavy atom. The van der Waals surface area contributed by atoms with Crippen molar-refractivity contribution in [1.82, 2.24) is 4.72 Å². The van der Waals surface area contributed by atoms with Gasteiger partial charge in [-0.15, -0.1) is 0 Å². The molecule has 0 atom stereocenters. The third-order valence-corrected chi connectivity index (χ3v) is 4.15. The smallest absolute Gasteiger partial charge is 0.335 e. The highest BCUT2D eigenvalue weighted by Crippen LogP contribution is 2.17. The quantitative estimate of drug-likeness (QED) is 0.772. The number of aromatic carboxylic acids is 1. The molecule has 0 bridgehead atoms. The predicted molar refractivity (Wildman–Crippen MR) is 68.2 cm³/mol. The van der Waals surface area contributed by atoms with E-state index in [4.69, 9.17) is 5.11 Å². The maximum Gasteiger partial charge on any atom is 0.335 e. The molecule has 0 spiro atoms. The number of rotatable bonds is 6. The maximum absolute atomic E-state index is 12.0. The summed E-state index contributed by atoms with van der Waals surface area (Å²) in [6, 6.07) is 4.08. The zero-order valence-electron chi connectivity index (χ0n) is 10.4. The Bertz CT molecular complexity index is 537. The molecule has 18 heavy (non-hydrogen) atoms. The average molecular weight is 271 g/mol. The first-order valence-electron chi connectivity index (χ1n) is 5.72. The van der Waals surface area contributed by atoms with Gasteiger partial charge in [0.25, 0.3) is 0 Å². The van der Waals surface area contributed by atoms with Gasteiger partial charge < -0.3 is 5.11 Å². The zero-order chi connectivity index (χ0) is 13.8. The lowest BCUT2D eigenvalue weighted by Crippen LogP contribution is -2.25. The second kappa shape index (κ2) is 5.97. The molecule has 0 heterocycles. The van der Waals surface area contributed by atoms with Gasteiger partial charge in [0.2, 0.25) is 10.0 Å². The van der Waals surface area contributed by atoms with E-state index in [-0.39, 0.29) is 10.5 Å². The summed E-state index contributed by atoms with van der Waals surface area (Å²) < 4.78 is 26.5. The van der Waals surface area contributed by atoms with Crippen LogP contribution in [0.15, 0.2) is 23.1 Å². The molecule has 0 aliphatic rings. The second-order valence-electron chi connectivity index (χ2n) is 4.04. The Labute approximate surface area is 107 Å². The Balaban J connectivity index is 3.07. The van der Waals surface area contributed by atoms with Crippen molar-refractivity contribution in [2.75, 3.05) is 6.54 Å². The van der Waals surface area contributed by atoms with Gasteiger partial charge in [-0.05, 0) is 31.0 Å². The van der Waals surface area contributed by atoms with Gasteiger partial charge in [0.15, 0.2) is 0 Å². The highest BCUT2D eigenvalue weighted by molar-refractivity contribution is 7.89. The van der Waals surface area contributed by atoms with Crippen LogP contribution in [0.4, 0.5) is 0 Å². The van der Waals surface area contributed by atoms with E-state index in [1.165, 1.54) is 18.2 Å². The van der Waals surface area contributed by atoms with E-state index in [0.29, 0.717) is 12.1 Å². The molecule has 0 aliphatic carbocycles. The van der Waals surface area contributed by atoms with E-state index in [1.807, 2.05) is 6.92 Å². The fourth-order valence-electron chi connectivity index (χ4n) is 1.48. The number of sulfonamides is 1. The summed E-state index contributed by atoms with van der Waals surface area (Å²) in [4.78, 5) is 10.9. The Morgan fingerprint density at radius 3 is 2.61 bits per heavy atom. The van der Waals surface area contributed by atoms with Crippen LogP contribution in [0.2, 0.25) is 0 Å². The van der Waals surface area contributed by atoms with Crippen molar-refractivity contribution >= 4 is 16.0 Å². The van der Waals surface area contributed by atoms with Gasteiger partial charge in [0.05, 0.1) is 10.5 Å². The first-order valence-corrected chi connectivity index (χ1v) is 7.20. The van der Waals surface area contributed by atoms with Crippen LogP contribution < -0.4 is 4.72 Å². The fraction of sp³-hybridized carbons (Fsp3) is 0.417. The lowest BCUT2D eigenvalue weighted by molar-refractivity contribution is 0.0696. The van der Waals surface area contributed by atoms with Crippen LogP contribution in [0.3, 0.4) is 0 Å². The summed E-state index contributed by atoms with van der Waals surface area (Å²) >= 11 is 0. The molecule has 0 saturated heterocycles. The highest BCUT2D eigenvalue weighted by Gasteiger charge is 2.18. The number of aryl methyl sites for hydroxylation is 1. The minimum absolute atomic E-state index is 0.0264. The van der Waals surface area contributed by atoms with Crippen molar-refractivity contribution in [2.45, 2.75) is 31.6 Å². The van der Waals surface area contributed by atoms with Crippen molar-refractivity contribution in [2.24, 2.45) is 0 Å². The summed E-state index contributed by atoms with van der Waals surface area (Å²) in [6.07, 6.45) is 1.63. The molecule has 0 amide bonds. The molecule has 0 radical (unpaired) electrons. The molecule has 1 aromatic carbocycles. The molecule has 5 nitrogen and oxygen atoms in total. The fourth-order valence-corrected chi connectivity index (χ4v) is 2.83. The summed E-state index contributed by atoms with van der Waals surface area (Å²) in [5.74, 6) is -1.14. The first kappa shape index (κ1) is 14.7. The Morgan fingerprint density at radius 2 is 2.06 bits per heavy atom. The first-order chi connectivity index (χ1) is 8.38. The second-order valence-corrected chi connectivity index (χ2v) is 5.77. The van der Waals surface area contributed by atoms with Crippen LogP contribution in [-0.2, 0) is 10.0 Å². The van der Waals surface area contributed by atoms with E-state index < -0.39 is 16.0 Å². The predicted octanol–water partition coefficient (Wildman–Crippen LogP) is 1.77. The molecule has 1 aromatic rings. The molecular formula is C12H17NO4S. The summed E-state index contributed by atoms with van der Waals surface area (Å²) in [7, 11) is -3.63. The summed E-state index contributed by atoms with van der Waals surface area (Å²) in [5.41, 5.74) is 0.500. The van der Waals surface area contributed by atoms with Gasteiger partial charge in [-0.3, -0.25) is 0 Å². The van der Waals surface area contributed by atoms with Crippen LogP contribution in [-0.4, -0.2) is 26.0 Å². The average Bonchev–Trinajstić information content (AvgIpc) is 2.29. The van der Waals surface area contributed by atoms with Crippen LogP contribution in [0.1, 0.15) is 35.7 Å². The standard InChI is InChI=1S/C12H17NO4S/c1-3-4-7-13-18(16,17)11-8-10(12(14)15)6-5-9(11)2/h5-6,8,13H,3-4,7H2,1-2H3,(H,14,15). The van der Waals surface area contributed by atoms with Gasteiger partial charge >= 0.3 is 5.97 Å². The number of hydrogen-bond donors (Lipinski definition) is 2. The summed E-state index contributed by atoms with van der Waals surface area (Å²) in [5, 5.41) is 8.86. The van der Waals surface area contributed by atoms with E-state index in [2.05, 4.69) is 4.72 Å². The normalized spacial score (nSPS) is 11.4. The van der Waals surface area contributed by atoms with Crippen molar-refractivity contribution in [1.29, 1.82) is 0 Å². The zero-order valence-corrected chi connectivity index (χ0v) is 11.3. The monoisotopic (exact) mass is 271 g/mol. The number of benzene rings is 1. The van der Waals surface area contributed by atoms with Crippen LogP contribution >= 0.6 is 0 Å². The van der Waals surface area contributed by atoms with Gasteiger partial charge in [-0.2, -0.15) is 0 Å². The van der Waals surface area contributed by atoms with Gasteiger partial charge in [0, 0.05) is 6.54 Å². The third kappa shape index (κ3) is 3.54. The van der Waals surface area contributed by atoms with Crippen molar-refractivity contribution in [3.63, 3.8) is 0 Å². The number of unbranched alkanes of at least 4 members (excludes halogenated alkanes) is 1.